The molecule has 0 bridgehead atoms. The molecule has 0 heterocycles. The van der Waals surface area contributed by atoms with Crippen molar-refractivity contribution in [3.05, 3.63) is 53.1 Å². The third-order valence-electron chi connectivity index (χ3n) is 3.01. The Hall–Kier alpha value is -1.71. The second kappa shape index (κ2) is 7.34. The standard InChI is InChI=1S/C17H20ClNO2/c1-3-10-20-16-6-4-5-7-17(16)21-15-9-8-13(12(2)19)11-14(15)18/h4-9,11-12H,3,10,19H2,1-2H3. The van der Waals surface area contributed by atoms with Crippen LogP contribution in [0.3, 0.4) is 0 Å². The number of rotatable bonds is 6. The van der Waals surface area contributed by atoms with Crippen molar-refractivity contribution < 1.29 is 9.47 Å². The zero-order chi connectivity index (χ0) is 15.2. The molecule has 0 aliphatic carbocycles. The minimum absolute atomic E-state index is 0.0586. The topological polar surface area (TPSA) is 44.5 Å². The lowest BCUT2D eigenvalue weighted by Crippen LogP contribution is -2.04. The molecule has 2 aromatic carbocycles. The van der Waals surface area contributed by atoms with Gasteiger partial charge in [0.15, 0.2) is 11.5 Å². The molecular weight excluding hydrogens is 286 g/mol. The van der Waals surface area contributed by atoms with Crippen LogP contribution in [0, 0.1) is 0 Å². The molecule has 4 heteroatoms. The molecular formula is C17H20ClNO2. The summed E-state index contributed by atoms with van der Waals surface area (Å²) in [5.41, 5.74) is 6.82. The number of benzene rings is 2. The molecule has 1 unspecified atom stereocenters. The fourth-order valence-electron chi connectivity index (χ4n) is 1.87. The third-order valence-corrected chi connectivity index (χ3v) is 3.31. The molecule has 0 aromatic heterocycles. The molecule has 21 heavy (non-hydrogen) atoms. The normalized spacial score (nSPS) is 12.0. The Bertz CT molecular complexity index is 599. The highest BCUT2D eigenvalue weighted by molar-refractivity contribution is 6.32. The fourth-order valence-corrected chi connectivity index (χ4v) is 2.09. The lowest BCUT2D eigenvalue weighted by molar-refractivity contribution is 0.302. The Balaban J connectivity index is 2.22. The van der Waals surface area contributed by atoms with Gasteiger partial charge in [0.05, 0.1) is 11.6 Å². The first-order chi connectivity index (χ1) is 10.1. The van der Waals surface area contributed by atoms with E-state index in [1.54, 1.807) is 0 Å². The monoisotopic (exact) mass is 305 g/mol. The Morgan fingerprint density at radius 1 is 1.10 bits per heavy atom. The first-order valence-corrected chi connectivity index (χ1v) is 7.44. The largest absolute Gasteiger partial charge is 0.490 e. The Kier molecular flexibility index (Phi) is 5.48. The smallest absolute Gasteiger partial charge is 0.169 e. The number of hydrogen-bond acceptors (Lipinski definition) is 3. The summed E-state index contributed by atoms with van der Waals surface area (Å²) >= 11 is 6.26. The van der Waals surface area contributed by atoms with E-state index in [4.69, 9.17) is 26.8 Å². The second-order valence-electron chi connectivity index (χ2n) is 4.88. The van der Waals surface area contributed by atoms with Crippen molar-refractivity contribution in [3.63, 3.8) is 0 Å². The first-order valence-electron chi connectivity index (χ1n) is 7.06. The van der Waals surface area contributed by atoms with Crippen LogP contribution < -0.4 is 15.2 Å². The lowest BCUT2D eigenvalue weighted by Gasteiger charge is -2.14. The van der Waals surface area contributed by atoms with Crippen LogP contribution in [-0.2, 0) is 0 Å². The van der Waals surface area contributed by atoms with E-state index in [1.807, 2.05) is 49.4 Å². The van der Waals surface area contributed by atoms with Crippen LogP contribution in [0.15, 0.2) is 42.5 Å². The van der Waals surface area contributed by atoms with Crippen LogP contribution in [-0.4, -0.2) is 6.61 Å². The summed E-state index contributed by atoms with van der Waals surface area (Å²) in [4.78, 5) is 0. The van der Waals surface area contributed by atoms with E-state index in [0.717, 1.165) is 12.0 Å². The molecule has 0 spiro atoms. The van der Waals surface area contributed by atoms with E-state index in [9.17, 15) is 0 Å². The van der Waals surface area contributed by atoms with Gasteiger partial charge in [-0.25, -0.2) is 0 Å². The van der Waals surface area contributed by atoms with Crippen molar-refractivity contribution in [2.24, 2.45) is 5.73 Å². The third kappa shape index (κ3) is 4.13. The van der Waals surface area contributed by atoms with Gasteiger partial charge < -0.3 is 15.2 Å². The second-order valence-corrected chi connectivity index (χ2v) is 5.28. The van der Waals surface area contributed by atoms with Gasteiger partial charge in [-0.2, -0.15) is 0 Å². The maximum absolute atomic E-state index is 6.26. The van der Waals surface area contributed by atoms with Crippen molar-refractivity contribution in [2.75, 3.05) is 6.61 Å². The molecule has 112 valence electrons. The molecule has 0 saturated heterocycles. The predicted molar refractivity (Wildman–Crippen MR) is 86.4 cm³/mol. The van der Waals surface area contributed by atoms with Crippen LogP contribution in [0.4, 0.5) is 0 Å². The van der Waals surface area contributed by atoms with E-state index >= 15 is 0 Å². The van der Waals surface area contributed by atoms with Crippen molar-refractivity contribution >= 4 is 11.6 Å². The molecule has 0 fully saturated rings. The summed E-state index contributed by atoms with van der Waals surface area (Å²) < 4.78 is 11.5. The van der Waals surface area contributed by atoms with E-state index < -0.39 is 0 Å². The predicted octanol–water partition coefficient (Wildman–Crippen LogP) is 4.94. The zero-order valence-electron chi connectivity index (χ0n) is 12.3. The molecule has 0 saturated carbocycles. The molecule has 0 radical (unpaired) electrons. The van der Waals surface area contributed by atoms with Gasteiger partial charge in [-0.15, -0.1) is 0 Å². The van der Waals surface area contributed by atoms with E-state index in [1.165, 1.54) is 0 Å². The minimum Gasteiger partial charge on any atom is -0.490 e. The maximum atomic E-state index is 6.26. The molecule has 2 N–H and O–H groups in total. The number of nitrogens with two attached hydrogens (primary N) is 1. The van der Waals surface area contributed by atoms with Crippen molar-refractivity contribution in [1.82, 2.24) is 0 Å². The van der Waals surface area contributed by atoms with Crippen molar-refractivity contribution in [1.29, 1.82) is 0 Å². The van der Waals surface area contributed by atoms with Crippen molar-refractivity contribution in [3.8, 4) is 17.2 Å². The Morgan fingerprint density at radius 2 is 1.81 bits per heavy atom. The number of para-hydroxylation sites is 2. The number of ether oxygens (including phenoxy) is 2. The van der Waals surface area contributed by atoms with Crippen LogP contribution >= 0.6 is 11.6 Å². The summed E-state index contributed by atoms with van der Waals surface area (Å²) in [6.07, 6.45) is 0.943. The van der Waals surface area contributed by atoms with Crippen molar-refractivity contribution in [2.45, 2.75) is 26.3 Å². The fraction of sp³-hybridized carbons (Fsp3) is 0.294. The van der Waals surface area contributed by atoms with Crippen LogP contribution in [0.5, 0.6) is 17.2 Å². The maximum Gasteiger partial charge on any atom is 0.169 e. The quantitative estimate of drug-likeness (QED) is 0.822. The highest BCUT2D eigenvalue weighted by Crippen LogP contribution is 2.35. The summed E-state index contributed by atoms with van der Waals surface area (Å²) in [6, 6.07) is 13.1. The lowest BCUT2D eigenvalue weighted by atomic mass is 10.1. The minimum atomic E-state index is -0.0586. The highest BCUT2D eigenvalue weighted by Gasteiger charge is 2.10. The number of hydrogen-bond donors (Lipinski definition) is 1. The average Bonchev–Trinajstić information content (AvgIpc) is 2.48. The van der Waals surface area contributed by atoms with E-state index in [2.05, 4.69) is 6.92 Å². The van der Waals surface area contributed by atoms with E-state index in [0.29, 0.717) is 28.9 Å². The van der Waals surface area contributed by atoms with Gasteiger partial charge >= 0.3 is 0 Å². The SMILES string of the molecule is CCCOc1ccccc1Oc1ccc(C(C)N)cc1Cl. The summed E-state index contributed by atoms with van der Waals surface area (Å²) in [5, 5.41) is 0.537. The van der Waals surface area contributed by atoms with Gasteiger partial charge in [0.25, 0.3) is 0 Å². The van der Waals surface area contributed by atoms with E-state index in [-0.39, 0.29) is 6.04 Å². The summed E-state index contributed by atoms with van der Waals surface area (Å²) in [5.74, 6) is 1.96. The van der Waals surface area contributed by atoms with Gasteiger partial charge in [0, 0.05) is 6.04 Å². The molecule has 2 aromatic rings. The van der Waals surface area contributed by atoms with Gasteiger partial charge in [-0.3, -0.25) is 0 Å². The Morgan fingerprint density at radius 3 is 2.43 bits per heavy atom. The molecule has 0 aliphatic rings. The zero-order valence-corrected chi connectivity index (χ0v) is 13.1. The van der Waals surface area contributed by atoms with Gasteiger partial charge in [0.2, 0.25) is 0 Å². The number of halogens is 1. The first kappa shape index (κ1) is 15.7. The highest BCUT2D eigenvalue weighted by atomic mass is 35.5. The molecule has 0 aliphatic heterocycles. The summed E-state index contributed by atoms with van der Waals surface area (Å²) in [7, 11) is 0. The molecule has 2 rings (SSSR count). The van der Waals surface area contributed by atoms with Gasteiger partial charge in [-0.05, 0) is 43.2 Å². The van der Waals surface area contributed by atoms with Gasteiger partial charge in [-0.1, -0.05) is 36.7 Å². The molecule has 3 nitrogen and oxygen atoms in total. The van der Waals surface area contributed by atoms with Crippen LogP contribution in [0.1, 0.15) is 31.9 Å². The Labute approximate surface area is 130 Å². The molecule has 0 amide bonds. The molecule has 1 atom stereocenters. The van der Waals surface area contributed by atoms with Crippen LogP contribution in [0.2, 0.25) is 5.02 Å². The summed E-state index contributed by atoms with van der Waals surface area (Å²) in [6.45, 7) is 4.63. The van der Waals surface area contributed by atoms with Crippen LogP contribution in [0.25, 0.3) is 0 Å². The van der Waals surface area contributed by atoms with Gasteiger partial charge in [0.1, 0.15) is 5.75 Å². The average molecular weight is 306 g/mol.